The molecule has 1 amide bonds. The van der Waals surface area contributed by atoms with E-state index in [1.54, 1.807) is 0 Å². The Morgan fingerprint density at radius 2 is 2.00 bits per heavy atom. The van der Waals surface area contributed by atoms with Crippen molar-refractivity contribution >= 4 is 46.4 Å². The molecule has 0 saturated heterocycles. The predicted octanol–water partition coefficient (Wildman–Crippen LogP) is 5.40. The highest BCUT2D eigenvalue weighted by molar-refractivity contribution is 6.35. The van der Waals surface area contributed by atoms with Gasteiger partial charge in [-0.3, -0.25) is 10.3 Å². The minimum Gasteiger partial charge on any atom is -0.465 e. The summed E-state index contributed by atoms with van der Waals surface area (Å²) in [5.74, 6) is 1.16. The highest BCUT2D eigenvalue weighted by atomic mass is 35.5. The SMILES string of the molecule is C/C(=N\c1c(NC(=O)O)cc(Cl)nc1Cl)[C@H]1CC[C@H](C)CC1. The van der Waals surface area contributed by atoms with Gasteiger partial charge in [0.1, 0.15) is 10.8 Å². The van der Waals surface area contributed by atoms with Gasteiger partial charge in [0.2, 0.25) is 0 Å². The van der Waals surface area contributed by atoms with Crippen LogP contribution < -0.4 is 5.32 Å². The highest BCUT2D eigenvalue weighted by Crippen LogP contribution is 2.36. The maximum Gasteiger partial charge on any atom is 0.409 e. The van der Waals surface area contributed by atoms with Crippen molar-refractivity contribution in [3.05, 3.63) is 16.4 Å². The lowest BCUT2D eigenvalue weighted by Gasteiger charge is -2.26. The zero-order chi connectivity index (χ0) is 16.3. The summed E-state index contributed by atoms with van der Waals surface area (Å²) in [6, 6.07) is 1.41. The van der Waals surface area contributed by atoms with Crippen molar-refractivity contribution in [2.24, 2.45) is 16.8 Å². The zero-order valence-corrected chi connectivity index (χ0v) is 14.1. The molecule has 0 unspecified atom stereocenters. The van der Waals surface area contributed by atoms with E-state index in [1.807, 2.05) is 6.92 Å². The number of aliphatic imine (C=N–C) groups is 1. The first-order chi connectivity index (χ1) is 10.4. The van der Waals surface area contributed by atoms with Crippen molar-refractivity contribution in [2.45, 2.75) is 39.5 Å². The third-order valence-electron chi connectivity index (χ3n) is 4.06. The lowest BCUT2D eigenvalue weighted by molar-refractivity contribution is 0.210. The first-order valence-electron chi connectivity index (χ1n) is 7.28. The molecule has 2 rings (SSSR count). The van der Waals surface area contributed by atoms with E-state index < -0.39 is 6.09 Å². The van der Waals surface area contributed by atoms with Crippen LogP contribution in [0.5, 0.6) is 0 Å². The molecule has 1 aromatic heterocycles. The molecule has 1 heterocycles. The van der Waals surface area contributed by atoms with Crippen LogP contribution in [0.4, 0.5) is 16.2 Å². The van der Waals surface area contributed by atoms with Crippen molar-refractivity contribution in [1.29, 1.82) is 0 Å². The minimum absolute atomic E-state index is 0.0970. The number of hydrogen-bond donors (Lipinski definition) is 2. The summed E-state index contributed by atoms with van der Waals surface area (Å²) in [6.45, 7) is 4.22. The van der Waals surface area contributed by atoms with E-state index in [1.165, 1.54) is 18.9 Å². The number of halogens is 2. The Morgan fingerprint density at radius 3 is 2.59 bits per heavy atom. The third kappa shape index (κ3) is 4.34. The second kappa shape index (κ2) is 7.29. The van der Waals surface area contributed by atoms with E-state index >= 15 is 0 Å². The molecule has 120 valence electrons. The molecule has 0 radical (unpaired) electrons. The second-order valence-corrected chi connectivity index (χ2v) is 6.52. The number of pyridine rings is 1. The van der Waals surface area contributed by atoms with Crippen molar-refractivity contribution in [2.75, 3.05) is 5.32 Å². The zero-order valence-electron chi connectivity index (χ0n) is 12.6. The van der Waals surface area contributed by atoms with Crippen molar-refractivity contribution < 1.29 is 9.90 Å². The van der Waals surface area contributed by atoms with E-state index in [0.29, 0.717) is 11.6 Å². The van der Waals surface area contributed by atoms with Gasteiger partial charge in [0.05, 0.1) is 5.69 Å². The molecule has 0 aromatic carbocycles. The number of rotatable bonds is 3. The Bertz CT molecular complexity index is 597. The number of aromatic nitrogens is 1. The Kier molecular flexibility index (Phi) is 5.64. The van der Waals surface area contributed by atoms with Gasteiger partial charge in [-0.2, -0.15) is 0 Å². The highest BCUT2D eigenvalue weighted by Gasteiger charge is 2.21. The molecule has 0 spiro atoms. The molecular weight excluding hydrogens is 325 g/mol. The van der Waals surface area contributed by atoms with Gasteiger partial charge in [0.15, 0.2) is 5.15 Å². The maximum atomic E-state index is 10.9. The van der Waals surface area contributed by atoms with Crippen molar-refractivity contribution in [3.63, 3.8) is 0 Å². The summed E-state index contributed by atoms with van der Waals surface area (Å²) >= 11 is 11.9. The van der Waals surface area contributed by atoms with E-state index in [0.717, 1.165) is 24.5 Å². The van der Waals surface area contributed by atoms with Gasteiger partial charge in [0.25, 0.3) is 0 Å². The maximum absolute atomic E-state index is 10.9. The van der Waals surface area contributed by atoms with Crippen LogP contribution in [0.2, 0.25) is 10.3 Å². The monoisotopic (exact) mass is 343 g/mol. The number of carbonyl (C=O) groups is 1. The number of hydrogen-bond acceptors (Lipinski definition) is 3. The second-order valence-electron chi connectivity index (χ2n) is 5.77. The summed E-state index contributed by atoms with van der Waals surface area (Å²) < 4.78 is 0. The average molecular weight is 344 g/mol. The molecule has 5 nitrogen and oxygen atoms in total. The summed E-state index contributed by atoms with van der Waals surface area (Å²) in [5.41, 5.74) is 1.52. The van der Waals surface area contributed by atoms with E-state index in [2.05, 4.69) is 22.2 Å². The van der Waals surface area contributed by atoms with Crippen LogP contribution in [0.25, 0.3) is 0 Å². The van der Waals surface area contributed by atoms with Crippen LogP contribution in [0.3, 0.4) is 0 Å². The van der Waals surface area contributed by atoms with Gasteiger partial charge in [0, 0.05) is 11.8 Å². The fourth-order valence-corrected chi connectivity index (χ4v) is 3.21. The molecule has 1 saturated carbocycles. The van der Waals surface area contributed by atoms with E-state index in [9.17, 15) is 4.79 Å². The molecule has 0 aliphatic heterocycles. The fourth-order valence-electron chi connectivity index (χ4n) is 2.74. The number of carboxylic acid groups (broad SMARTS) is 1. The third-order valence-corrected chi connectivity index (χ3v) is 4.51. The molecule has 1 aliphatic rings. The van der Waals surface area contributed by atoms with Crippen molar-refractivity contribution in [3.8, 4) is 0 Å². The van der Waals surface area contributed by atoms with Crippen LogP contribution in [0.15, 0.2) is 11.1 Å². The Balaban J connectivity index is 2.30. The normalized spacial score (nSPS) is 22.5. The van der Waals surface area contributed by atoms with Gasteiger partial charge in [-0.25, -0.2) is 9.78 Å². The standard InChI is InChI=1S/C15H19Cl2N3O2/c1-8-3-5-10(6-4-8)9(2)18-13-11(19-15(21)22)7-12(16)20-14(13)17/h7-8,10H,3-6H2,1-2H3,(H,19,20)(H,21,22)/b18-9+/t8-,10-. The van der Waals surface area contributed by atoms with Crippen LogP contribution >= 0.6 is 23.2 Å². The summed E-state index contributed by atoms with van der Waals surface area (Å²) in [5, 5.41) is 11.4. The van der Waals surface area contributed by atoms with E-state index in [4.69, 9.17) is 28.3 Å². The predicted molar refractivity (Wildman–Crippen MR) is 89.8 cm³/mol. The van der Waals surface area contributed by atoms with Gasteiger partial charge in [-0.1, -0.05) is 43.0 Å². The quantitative estimate of drug-likeness (QED) is 0.570. The first kappa shape index (κ1) is 17.0. The van der Waals surface area contributed by atoms with Gasteiger partial charge in [-0.05, 0) is 31.6 Å². The van der Waals surface area contributed by atoms with Crippen LogP contribution in [-0.4, -0.2) is 21.9 Å². The topological polar surface area (TPSA) is 74.6 Å². The van der Waals surface area contributed by atoms with Gasteiger partial charge < -0.3 is 5.11 Å². The Hall–Kier alpha value is -1.33. The fraction of sp³-hybridized carbons (Fsp3) is 0.533. The van der Waals surface area contributed by atoms with Gasteiger partial charge in [-0.15, -0.1) is 0 Å². The smallest absolute Gasteiger partial charge is 0.409 e. The number of amides is 1. The van der Waals surface area contributed by atoms with E-state index in [-0.39, 0.29) is 16.0 Å². The molecule has 1 fully saturated rings. The lowest BCUT2D eigenvalue weighted by atomic mass is 9.81. The molecule has 0 atom stereocenters. The van der Waals surface area contributed by atoms with Crippen LogP contribution in [0, 0.1) is 11.8 Å². The number of nitrogens with zero attached hydrogens (tertiary/aromatic N) is 2. The molecule has 0 bridgehead atoms. The van der Waals surface area contributed by atoms with Crippen LogP contribution in [0.1, 0.15) is 39.5 Å². The Morgan fingerprint density at radius 1 is 1.36 bits per heavy atom. The summed E-state index contributed by atoms with van der Waals surface area (Å²) in [4.78, 5) is 19.4. The number of anilines is 1. The van der Waals surface area contributed by atoms with Gasteiger partial charge >= 0.3 is 6.09 Å². The lowest BCUT2D eigenvalue weighted by Crippen LogP contribution is -2.18. The molecule has 2 N–H and O–H groups in total. The minimum atomic E-state index is -1.20. The molecule has 7 heteroatoms. The van der Waals surface area contributed by atoms with Crippen molar-refractivity contribution in [1.82, 2.24) is 4.98 Å². The van der Waals surface area contributed by atoms with Crippen LogP contribution in [-0.2, 0) is 0 Å². The molecular formula is C15H19Cl2N3O2. The first-order valence-corrected chi connectivity index (χ1v) is 8.03. The summed E-state index contributed by atoms with van der Waals surface area (Å²) in [7, 11) is 0. The average Bonchev–Trinajstić information content (AvgIpc) is 2.42. The molecule has 22 heavy (non-hydrogen) atoms. The summed E-state index contributed by atoms with van der Waals surface area (Å²) in [6.07, 6.45) is 3.36. The molecule has 1 aromatic rings. The largest absolute Gasteiger partial charge is 0.465 e. The Labute approximate surface area is 139 Å². The number of nitrogens with one attached hydrogen (secondary N) is 1. The molecule has 1 aliphatic carbocycles.